The van der Waals surface area contributed by atoms with Crippen molar-refractivity contribution < 1.29 is 37.6 Å². The lowest BCUT2D eigenvalue weighted by molar-refractivity contribution is -0.161. The van der Waals surface area contributed by atoms with E-state index in [0.29, 0.717) is 13.0 Å². The molecule has 61 heavy (non-hydrogen) atoms. The molecule has 0 aliphatic rings. The molecular formula is C51H90NO8P. The number of allylic oxidation sites excluding steroid dienone is 12. The molecule has 0 aromatic rings. The van der Waals surface area contributed by atoms with Gasteiger partial charge >= 0.3 is 19.8 Å². The van der Waals surface area contributed by atoms with Gasteiger partial charge in [-0.25, -0.2) is 4.57 Å². The van der Waals surface area contributed by atoms with Gasteiger partial charge in [0.05, 0.1) is 13.2 Å². The maximum atomic E-state index is 12.7. The van der Waals surface area contributed by atoms with E-state index in [1.807, 2.05) is 19.0 Å². The van der Waals surface area contributed by atoms with Gasteiger partial charge in [0.1, 0.15) is 6.61 Å². The predicted molar refractivity (Wildman–Crippen MR) is 257 cm³/mol. The minimum absolute atomic E-state index is 0.00312. The summed E-state index contributed by atoms with van der Waals surface area (Å²) in [6, 6.07) is 0. The predicted octanol–water partition coefficient (Wildman–Crippen LogP) is 14.4. The number of esters is 2. The fraction of sp³-hybridized carbons (Fsp3) is 0.725. The fourth-order valence-electron chi connectivity index (χ4n) is 6.23. The van der Waals surface area contributed by atoms with Gasteiger partial charge in [0, 0.05) is 19.4 Å². The Hall–Kier alpha value is -2.55. The van der Waals surface area contributed by atoms with Crippen LogP contribution in [0.4, 0.5) is 0 Å². The van der Waals surface area contributed by atoms with Gasteiger partial charge in [0.25, 0.3) is 0 Å². The van der Waals surface area contributed by atoms with Crippen molar-refractivity contribution in [3.63, 3.8) is 0 Å². The number of carbonyl (C=O) groups excluding carboxylic acids is 2. The normalized spacial score (nSPS) is 13.9. The van der Waals surface area contributed by atoms with E-state index < -0.39 is 26.5 Å². The maximum Gasteiger partial charge on any atom is 0.472 e. The number of hydrogen-bond acceptors (Lipinski definition) is 8. The van der Waals surface area contributed by atoms with E-state index >= 15 is 0 Å². The lowest BCUT2D eigenvalue weighted by atomic mass is 10.1. The molecule has 1 N–H and O–H groups in total. The van der Waals surface area contributed by atoms with Crippen LogP contribution in [0.15, 0.2) is 72.9 Å². The largest absolute Gasteiger partial charge is 0.472 e. The van der Waals surface area contributed by atoms with Crippen molar-refractivity contribution in [2.75, 3.05) is 40.5 Å². The molecule has 0 saturated heterocycles. The van der Waals surface area contributed by atoms with Gasteiger partial charge < -0.3 is 19.3 Å². The Morgan fingerprint density at radius 3 is 1.33 bits per heavy atom. The third kappa shape index (κ3) is 46.8. The van der Waals surface area contributed by atoms with Gasteiger partial charge in [-0.3, -0.25) is 18.6 Å². The third-order valence-corrected chi connectivity index (χ3v) is 11.0. The highest BCUT2D eigenvalue weighted by Gasteiger charge is 2.26. The maximum absolute atomic E-state index is 12.7. The van der Waals surface area contributed by atoms with E-state index in [1.165, 1.54) is 83.5 Å². The van der Waals surface area contributed by atoms with Crippen molar-refractivity contribution >= 4 is 19.8 Å². The number of rotatable bonds is 44. The molecule has 352 valence electrons. The van der Waals surface area contributed by atoms with E-state index in [4.69, 9.17) is 18.5 Å². The van der Waals surface area contributed by atoms with Crippen molar-refractivity contribution in [3.05, 3.63) is 72.9 Å². The van der Waals surface area contributed by atoms with Crippen LogP contribution in [0.5, 0.6) is 0 Å². The first-order valence-electron chi connectivity index (χ1n) is 24.2. The molecule has 0 amide bonds. The van der Waals surface area contributed by atoms with Crippen LogP contribution < -0.4 is 0 Å². The summed E-state index contributed by atoms with van der Waals surface area (Å²) in [5, 5.41) is 0. The summed E-state index contributed by atoms with van der Waals surface area (Å²) in [5.41, 5.74) is 0. The van der Waals surface area contributed by atoms with E-state index in [9.17, 15) is 19.0 Å². The zero-order valence-electron chi connectivity index (χ0n) is 39.3. The van der Waals surface area contributed by atoms with Crippen molar-refractivity contribution in [2.24, 2.45) is 0 Å². The topological polar surface area (TPSA) is 112 Å². The first-order chi connectivity index (χ1) is 29.7. The molecule has 0 rings (SSSR count). The molecule has 0 aliphatic heterocycles. The van der Waals surface area contributed by atoms with Crippen molar-refractivity contribution in [1.82, 2.24) is 4.90 Å². The van der Waals surface area contributed by atoms with Crippen LogP contribution in [0, 0.1) is 0 Å². The molecule has 0 aliphatic carbocycles. The van der Waals surface area contributed by atoms with Gasteiger partial charge in [0.15, 0.2) is 6.10 Å². The summed E-state index contributed by atoms with van der Waals surface area (Å²) in [6.07, 6.45) is 55.1. The molecule has 2 unspecified atom stereocenters. The SMILES string of the molecule is CCCCC/C=C\C/C=C\C/C=C\C/C=C\CCCCCC(=O)OC(COC(=O)CCCCCCCCCCC/C=C\C/C=C\CCCCC)COP(=O)(O)OCCN(C)C. The summed E-state index contributed by atoms with van der Waals surface area (Å²) >= 11 is 0. The van der Waals surface area contributed by atoms with E-state index in [2.05, 4.69) is 86.8 Å². The molecule has 10 heteroatoms. The zero-order chi connectivity index (χ0) is 44.8. The molecule has 0 aromatic carbocycles. The number of likely N-dealkylation sites (N-methyl/N-ethyl adjacent to an activating group) is 1. The Labute approximate surface area is 374 Å². The number of carbonyl (C=O) groups is 2. The van der Waals surface area contributed by atoms with Crippen LogP contribution in [0.2, 0.25) is 0 Å². The first-order valence-corrected chi connectivity index (χ1v) is 25.7. The Morgan fingerprint density at radius 1 is 0.508 bits per heavy atom. The first kappa shape index (κ1) is 58.5. The van der Waals surface area contributed by atoms with Crippen molar-refractivity contribution in [1.29, 1.82) is 0 Å². The summed E-state index contributed by atoms with van der Waals surface area (Å²) < 4.78 is 33.5. The summed E-state index contributed by atoms with van der Waals surface area (Å²) in [4.78, 5) is 37.1. The lowest BCUT2D eigenvalue weighted by Gasteiger charge is -2.20. The number of phosphoric acid groups is 1. The van der Waals surface area contributed by atoms with Gasteiger partial charge in [-0.1, -0.05) is 164 Å². The standard InChI is InChI=1S/C51H90NO8P/c1-5-7-9-11-13-15-17-19-21-23-25-27-29-31-33-35-37-39-41-43-50(53)57-47-49(48-59-61(55,56)58-46-45-52(3)4)60-51(54)44-42-40-38-36-34-32-30-28-26-24-22-20-18-16-14-12-10-8-6-2/h13-16,19-22,26,28,32,34,49H,5-12,17-18,23-25,27,29-31,33,35-48H2,1-4H3,(H,55,56)/b15-13-,16-14-,21-19-,22-20-,28-26-,34-32-. The second-order valence-corrected chi connectivity index (χ2v) is 17.7. The van der Waals surface area contributed by atoms with E-state index in [1.54, 1.807) is 0 Å². The average Bonchev–Trinajstić information content (AvgIpc) is 3.23. The molecule has 2 atom stereocenters. The molecule has 0 saturated carbocycles. The van der Waals surface area contributed by atoms with Crippen molar-refractivity contribution in [3.8, 4) is 0 Å². The molecule has 0 bridgehead atoms. The minimum atomic E-state index is -4.38. The second-order valence-electron chi connectivity index (χ2n) is 16.3. The number of ether oxygens (including phenoxy) is 2. The Bertz CT molecular complexity index is 1240. The summed E-state index contributed by atoms with van der Waals surface area (Å²) in [5.74, 6) is -0.846. The molecular weight excluding hydrogens is 786 g/mol. The van der Waals surface area contributed by atoms with Crippen LogP contribution in [-0.4, -0.2) is 68.3 Å². The highest BCUT2D eigenvalue weighted by atomic mass is 31.2. The molecule has 0 heterocycles. The van der Waals surface area contributed by atoms with Gasteiger partial charge in [-0.05, 0) is 104 Å². The van der Waals surface area contributed by atoms with Gasteiger partial charge in [-0.15, -0.1) is 0 Å². The highest BCUT2D eigenvalue weighted by molar-refractivity contribution is 7.47. The Balaban J connectivity index is 4.31. The summed E-state index contributed by atoms with van der Waals surface area (Å²) in [7, 11) is -0.739. The number of phosphoric ester groups is 1. The Kier molecular flexibility index (Phi) is 43.6. The van der Waals surface area contributed by atoms with Crippen molar-refractivity contribution in [2.45, 2.75) is 200 Å². The number of hydrogen-bond donors (Lipinski definition) is 1. The average molecular weight is 876 g/mol. The zero-order valence-corrected chi connectivity index (χ0v) is 40.2. The molecule has 0 aromatic heterocycles. The minimum Gasteiger partial charge on any atom is -0.462 e. The monoisotopic (exact) mass is 876 g/mol. The van der Waals surface area contributed by atoms with Crippen LogP contribution in [0.3, 0.4) is 0 Å². The van der Waals surface area contributed by atoms with E-state index in [-0.39, 0.29) is 32.0 Å². The highest BCUT2D eigenvalue weighted by Crippen LogP contribution is 2.43. The third-order valence-electron chi connectivity index (χ3n) is 9.99. The van der Waals surface area contributed by atoms with Crippen LogP contribution in [0.1, 0.15) is 194 Å². The molecule has 0 fully saturated rings. The molecule has 0 spiro atoms. The number of nitrogens with zero attached hydrogens (tertiary/aromatic N) is 1. The lowest BCUT2D eigenvalue weighted by Crippen LogP contribution is -2.29. The molecule has 0 radical (unpaired) electrons. The quantitative estimate of drug-likeness (QED) is 0.0277. The molecule has 9 nitrogen and oxygen atoms in total. The van der Waals surface area contributed by atoms with E-state index in [0.717, 1.165) is 77.0 Å². The van der Waals surface area contributed by atoms with Crippen LogP contribution in [-0.2, 0) is 32.7 Å². The van der Waals surface area contributed by atoms with Crippen LogP contribution in [0.25, 0.3) is 0 Å². The number of unbranched alkanes of at least 4 members (excludes halogenated alkanes) is 18. The summed E-state index contributed by atoms with van der Waals surface area (Å²) in [6.45, 7) is 4.23. The van der Waals surface area contributed by atoms with Gasteiger partial charge in [-0.2, -0.15) is 0 Å². The van der Waals surface area contributed by atoms with Crippen LogP contribution >= 0.6 is 7.82 Å². The van der Waals surface area contributed by atoms with Gasteiger partial charge in [0.2, 0.25) is 0 Å². The smallest absolute Gasteiger partial charge is 0.462 e. The fourth-order valence-corrected chi connectivity index (χ4v) is 6.97. The second kappa shape index (κ2) is 45.5. The Morgan fingerprint density at radius 2 is 0.885 bits per heavy atom.